The third kappa shape index (κ3) is 3.69. The zero-order valence-electron chi connectivity index (χ0n) is 10.3. The molecule has 0 fully saturated rings. The summed E-state index contributed by atoms with van der Waals surface area (Å²) in [5.41, 5.74) is 0.781. The normalized spacial score (nSPS) is 12.2. The average Bonchev–Trinajstić information content (AvgIpc) is 2.30. The summed E-state index contributed by atoms with van der Waals surface area (Å²) in [4.78, 5) is 11.8. The highest BCUT2D eigenvalue weighted by Crippen LogP contribution is 2.16. The van der Waals surface area contributed by atoms with E-state index >= 15 is 0 Å². The Bertz CT molecular complexity index is 327. The number of hydrogen-bond acceptors (Lipinski definition) is 2. The van der Waals surface area contributed by atoms with E-state index in [0.29, 0.717) is 18.9 Å². The SMILES string of the molecule is CCOc1ccc(C(=O)C[C@H](C)CC)cc1. The summed E-state index contributed by atoms with van der Waals surface area (Å²) < 4.78 is 5.33. The van der Waals surface area contributed by atoms with Crippen LogP contribution in [0, 0.1) is 5.92 Å². The Morgan fingerprint density at radius 2 is 1.88 bits per heavy atom. The van der Waals surface area contributed by atoms with Gasteiger partial charge in [0, 0.05) is 12.0 Å². The van der Waals surface area contributed by atoms with Gasteiger partial charge >= 0.3 is 0 Å². The molecule has 2 nitrogen and oxygen atoms in total. The van der Waals surface area contributed by atoms with Crippen molar-refractivity contribution in [2.24, 2.45) is 5.92 Å². The van der Waals surface area contributed by atoms with Crippen LogP contribution in [0.25, 0.3) is 0 Å². The Morgan fingerprint density at radius 3 is 2.38 bits per heavy atom. The number of benzene rings is 1. The van der Waals surface area contributed by atoms with E-state index in [9.17, 15) is 4.79 Å². The number of Topliss-reactive ketones (excluding diaryl/α,β-unsaturated/α-hetero) is 1. The minimum absolute atomic E-state index is 0.220. The highest BCUT2D eigenvalue weighted by molar-refractivity contribution is 5.96. The van der Waals surface area contributed by atoms with Crippen LogP contribution >= 0.6 is 0 Å². The summed E-state index contributed by atoms with van der Waals surface area (Å²) in [5, 5.41) is 0. The van der Waals surface area contributed by atoms with Gasteiger partial charge in [0.15, 0.2) is 5.78 Å². The molecule has 0 heterocycles. The van der Waals surface area contributed by atoms with Crippen molar-refractivity contribution in [1.82, 2.24) is 0 Å². The lowest BCUT2D eigenvalue weighted by Gasteiger charge is -2.08. The molecule has 0 aromatic heterocycles. The molecular weight excluding hydrogens is 200 g/mol. The third-order valence-corrected chi connectivity index (χ3v) is 2.72. The van der Waals surface area contributed by atoms with Crippen molar-refractivity contribution < 1.29 is 9.53 Å². The Balaban J connectivity index is 2.63. The Labute approximate surface area is 97.6 Å². The lowest BCUT2D eigenvalue weighted by Crippen LogP contribution is -2.05. The molecule has 1 rings (SSSR count). The maximum atomic E-state index is 11.8. The molecule has 0 unspecified atom stereocenters. The molecule has 1 aromatic rings. The quantitative estimate of drug-likeness (QED) is 0.683. The highest BCUT2D eigenvalue weighted by Gasteiger charge is 2.09. The molecule has 2 heteroatoms. The third-order valence-electron chi connectivity index (χ3n) is 2.72. The van der Waals surface area contributed by atoms with Gasteiger partial charge in [0.2, 0.25) is 0 Å². The van der Waals surface area contributed by atoms with E-state index in [-0.39, 0.29) is 5.78 Å². The number of rotatable bonds is 6. The first-order valence-electron chi connectivity index (χ1n) is 5.93. The van der Waals surface area contributed by atoms with Crippen molar-refractivity contribution in [3.63, 3.8) is 0 Å². The van der Waals surface area contributed by atoms with E-state index in [1.807, 2.05) is 31.2 Å². The van der Waals surface area contributed by atoms with Gasteiger partial charge in [0.25, 0.3) is 0 Å². The molecule has 0 spiro atoms. The number of carbonyl (C=O) groups is 1. The summed E-state index contributed by atoms with van der Waals surface area (Å²) in [5.74, 6) is 1.50. The number of hydrogen-bond donors (Lipinski definition) is 0. The van der Waals surface area contributed by atoms with Crippen LogP contribution < -0.4 is 4.74 Å². The van der Waals surface area contributed by atoms with Gasteiger partial charge in [-0.05, 0) is 37.1 Å². The molecular formula is C14H20O2. The predicted octanol–water partition coefficient (Wildman–Crippen LogP) is 3.70. The summed E-state index contributed by atoms with van der Waals surface area (Å²) in [6.07, 6.45) is 1.67. The van der Waals surface area contributed by atoms with Gasteiger partial charge in [-0.2, -0.15) is 0 Å². The van der Waals surface area contributed by atoms with E-state index in [1.54, 1.807) is 0 Å². The second-order valence-electron chi connectivity index (χ2n) is 4.10. The zero-order chi connectivity index (χ0) is 12.0. The maximum absolute atomic E-state index is 11.8. The van der Waals surface area contributed by atoms with Gasteiger partial charge in [0.1, 0.15) is 5.75 Å². The summed E-state index contributed by atoms with van der Waals surface area (Å²) in [7, 11) is 0. The van der Waals surface area contributed by atoms with Crippen LogP contribution in [0.4, 0.5) is 0 Å². The Hall–Kier alpha value is -1.31. The minimum Gasteiger partial charge on any atom is -0.494 e. The van der Waals surface area contributed by atoms with Crippen LogP contribution in [0.2, 0.25) is 0 Å². The van der Waals surface area contributed by atoms with Crippen LogP contribution in [-0.2, 0) is 0 Å². The molecule has 1 aromatic carbocycles. The lowest BCUT2D eigenvalue weighted by atomic mass is 9.98. The standard InChI is InChI=1S/C14H20O2/c1-4-11(3)10-14(15)12-6-8-13(9-7-12)16-5-2/h6-9,11H,4-5,10H2,1-3H3/t11-/m1/s1. The molecule has 0 amide bonds. The van der Waals surface area contributed by atoms with E-state index in [2.05, 4.69) is 13.8 Å². The number of ketones is 1. The fourth-order valence-corrected chi connectivity index (χ4v) is 1.48. The number of ether oxygens (including phenoxy) is 1. The summed E-state index contributed by atoms with van der Waals surface area (Å²) >= 11 is 0. The maximum Gasteiger partial charge on any atom is 0.163 e. The molecule has 0 aliphatic carbocycles. The molecule has 0 bridgehead atoms. The minimum atomic E-state index is 0.220. The van der Waals surface area contributed by atoms with Crippen LogP contribution in [0.1, 0.15) is 44.0 Å². The zero-order valence-corrected chi connectivity index (χ0v) is 10.3. The van der Waals surface area contributed by atoms with Crippen molar-refractivity contribution >= 4 is 5.78 Å². The largest absolute Gasteiger partial charge is 0.494 e. The van der Waals surface area contributed by atoms with E-state index < -0.39 is 0 Å². The second-order valence-corrected chi connectivity index (χ2v) is 4.10. The van der Waals surface area contributed by atoms with Crippen LogP contribution in [0.3, 0.4) is 0 Å². The van der Waals surface area contributed by atoms with Gasteiger partial charge in [-0.25, -0.2) is 0 Å². The Kier molecular flexibility index (Phi) is 5.03. The van der Waals surface area contributed by atoms with Crippen molar-refractivity contribution in [2.75, 3.05) is 6.61 Å². The van der Waals surface area contributed by atoms with Crippen molar-refractivity contribution in [3.05, 3.63) is 29.8 Å². The fourth-order valence-electron chi connectivity index (χ4n) is 1.48. The first-order chi connectivity index (χ1) is 7.67. The smallest absolute Gasteiger partial charge is 0.163 e. The topological polar surface area (TPSA) is 26.3 Å². The van der Waals surface area contributed by atoms with Gasteiger partial charge in [-0.15, -0.1) is 0 Å². The molecule has 0 aliphatic rings. The summed E-state index contributed by atoms with van der Waals surface area (Å²) in [6.45, 7) is 6.81. The summed E-state index contributed by atoms with van der Waals surface area (Å²) in [6, 6.07) is 7.39. The van der Waals surface area contributed by atoms with Gasteiger partial charge in [-0.1, -0.05) is 20.3 Å². The molecule has 0 saturated carbocycles. The van der Waals surface area contributed by atoms with E-state index in [1.165, 1.54) is 0 Å². The molecule has 1 atom stereocenters. The van der Waals surface area contributed by atoms with Gasteiger partial charge in [0.05, 0.1) is 6.61 Å². The van der Waals surface area contributed by atoms with Gasteiger partial charge < -0.3 is 4.74 Å². The fraction of sp³-hybridized carbons (Fsp3) is 0.500. The number of carbonyl (C=O) groups excluding carboxylic acids is 1. The lowest BCUT2D eigenvalue weighted by molar-refractivity contribution is 0.0963. The van der Waals surface area contributed by atoms with E-state index in [4.69, 9.17) is 4.74 Å². The van der Waals surface area contributed by atoms with E-state index in [0.717, 1.165) is 17.7 Å². The first-order valence-corrected chi connectivity index (χ1v) is 5.93. The van der Waals surface area contributed by atoms with Crippen molar-refractivity contribution in [1.29, 1.82) is 0 Å². The van der Waals surface area contributed by atoms with Gasteiger partial charge in [-0.3, -0.25) is 4.79 Å². The predicted molar refractivity (Wildman–Crippen MR) is 66.0 cm³/mol. The molecule has 0 aliphatic heterocycles. The van der Waals surface area contributed by atoms with Crippen molar-refractivity contribution in [2.45, 2.75) is 33.6 Å². The molecule has 88 valence electrons. The van der Waals surface area contributed by atoms with Crippen LogP contribution in [0.15, 0.2) is 24.3 Å². The van der Waals surface area contributed by atoms with Crippen LogP contribution in [-0.4, -0.2) is 12.4 Å². The first kappa shape index (κ1) is 12.8. The highest BCUT2D eigenvalue weighted by atomic mass is 16.5. The Morgan fingerprint density at radius 1 is 1.25 bits per heavy atom. The van der Waals surface area contributed by atoms with Crippen molar-refractivity contribution in [3.8, 4) is 5.75 Å². The monoisotopic (exact) mass is 220 g/mol. The molecule has 16 heavy (non-hydrogen) atoms. The molecule has 0 N–H and O–H groups in total. The molecule has 0 saturated heterocycles. The second kappa shape index (κ2) is 6.31. The average molecular weight is 220 g/mol. The van der Waals surface area contributed by atoms with Crippen LogP contribution in [0.5, 0.6) is 5.75 Å². The molecule has 0 radical (unpaired) electrons.